The van der Waals surface area contributed by atoms with Gasteiger partial charge in [-0.15, -0.1) is 0 Å². The number of piperazine rings is 1. The first-order valence-electron chi connectivity index (χ1n) is 7.95. The minimum Gasteiger partial charge on any atom is -0.354 e. The molecule has 0 aliphatic carbocycles. The fourth-order valence-corrected chi connectivity index (χ4v) is 3.44. The number of hydrogen-bond donors (Lipinski definition) is 0. The highest BCUT2D eigenvalue weighted by Gasteiger charge is 2.20. The summed E-state index contributed by atoms with van der Waals surface area (Å²) in [6, 6.07) is 4.02. The molecule has 3 heterocycles. The third kappa shape index (κ3) is 3.81. The molecule has 2 aromatic rings. The number of fused-ring (bicyclic) bond motifs is 1. The predicted molar refractivity (Wildman–Crippen MR) is 90.7 cm³/mol. The first kappa shape index (κ1) is 16.2. The number of hydrogen-bond acceptors (Lipinski definition) is 6. The molecule has 0 N–H and O–H groups in total. The molecule has 23 heavy (non-hydrogen) atoms. The quantitative estimate of drug-likeness (QED) is 0.789. The maximum atomic E-state index is 11.3. The summed E-state index contributed by atoms with van der Waals surface area (Å²) in [5, 5.41) is 4.38. The van der Waals surface area contributed by atoms with Gasteiger partial charge in [0.05, 0.1) is 11.9 Å². The Morgan fingerprint density at radius 3 is 2.61 bits per heavy atom. The lowest BCUT2D eigenvalue weighted by molar-refractivity contribution is 0.271. The average Bonchev–Trinajstić information content (AvgIpc) is 3.00. The van der Waals surface area contributed by atoms with E-state index in [1.165, 1.54) is 6.26 Å². The smallest absolute Gasteiger partial charge is 0.157 e. The molecule has 0 spiro atoms. The number of sulfone groups is 1. The highest BCUT2D eigenvalue weighted by atomic mass is 32.2. The van der Waals surface area contributed by atoms with Gasteiger partial charge in [-0.25, -0.2) is 13.4 Å². The molecule has 0 unspecified atom stereocenters. The van der Waals surface area contributed by atoms with Crippen LogP contribution in [0.2, 0.25) is 0 Å². The number of aryl methyl sites for hydroxylation is 1. The Kier molecular flexibility index (Phi) is 4.54. The fourth-order valence-electron chi connectivity index (χ4n) is 2.85. The van der Waals surface area contributed by atoms with Crippen molar-refractivity contribution in [1.82, 2.24) is 19.5 Å². The van der Waals surface area contributed by atoms with Crippen molar-refractivity contribution in [1.29, 1.82) is 0 Å². The van der Waals surface area contributed by atoms with E-state index in [1.807, 2.05) is 10.6 Å². The lowest BCUT2D eigenvalue weighted by atomic mass is 10.2. The van der Waals surface area contributed by atoms with E-state index in [9.17, 15) is 8.42 Å². The molecule has 0 radical (unpaired) electrons. The molecule has 7 nitrogen and oxygen atoms in total. The van der Waals surface area contributed by atoms with Gasteiger partial charge < -0.3 is 4.90 Å². The van der Waals surface area contributed by atoms with Crippen LogP contribution >= 0.6 is 0 Å². The molecule has 0 atom stereocenters. The molecular formula is C15H23N5O2S. The van der Waals surface area contributed by atoms with Crippen molar-refractivity contribution in [2.24, 2.45) is 0 Å². The normalized spacial score (nSPS) is 17.0. The van der Waals surface area contributed by atoms with Crippen LogP contribution in [0.15, 0.2) is 18.3 Å². The largest absolute Gasteiger partial charge is 0.354 e. The summed E-state index contributed by atoms with van der Waals surface area (Å²) in [4.78, 5) is 9.09. The van der Waals surface area contributed by atoms with Crippen molar-refractivity contribution in [3.05, 3.63) is 24.0 Å². The second kappa shape index (κ2) is 6.45. The summed E-state index contributed by atoms with van der Waals surface area (Å²) in [5.41, 5.74) is 1.94. The number of anilines is 1. The molecule has 1 fully saturated rings. The van der Waals surface area contributed by atoms with Crippen LogP contribution in [0.1, 0.15) is 12.6 Å². The Labute approximate surface area is 136 Å². The van der Waals surface area contributed by atoms with Gasteiger partial charge in [0.15, 0.2) is 5.65 Å². The van der Waals surface area contributed by atoms with Crippen LogP contribution in [0.5, 0.6) is 0 Å². The molecule has 0 saturated carbocycles. The maximum absolute atomic E-state index is 11.3. The van der Waals surface area contributed by atoms with E-state index in [4.69, 9.17) is 0 Å². The minimum absolute atomic E-state index is 0.228. The molecule has 3 rings (SSSR count). The zero-order valence-electron chi connectivity index (χ0n) is 13.6. The summed E-state index contributed by atoms with van der Waals surface area (Å²) in [6.45, 7) is 6.17. The van der Waals surface area contributed by atoms with Gasteiger partial charge in [-0.05, 0) is 6.42 Å². The molecule has 0 aromatic carbocycles. The van der Waals surface area contributed by atoms with Crippen LogP contribution in [0, 0.1) is 0 Å². The van der Waals surface area contributed by atoms with Crippen LogP contribution in [0.4, 0.5) is 5.82 Å². The van der Waals surface area contributed by atoms with Crippen LogP contribution in [0.3, 0.4) is 0 Å². The van der Waals surface area contributed by atoms with E-state index in [-0.39, 0.29) is 5.75 Å². The average molecular weight is 337 g/mol. The van der Waals surface area contributed by atoms with Gasteiger partial charge in [-0.1, -0.05) is 6.92 Å². The number of aromatic nitrogens is 3. The van der Waals surface area contributed by atoms with Gasteiger partial charge in [-0.2, -0.15) is 9.61 Å². The third-order valence-electron chi connectivity index (χ3n) is 4.23. The van der Waals surface area contributed by atoms with Crippen LogP contribution in [-0.4, -0.2) is 72.6 Å². The Hall–Kier alpha value is -1.67. The van der Waals surface area contributed by atoms with E-state index in [0.717, 1.165) is 49.8 Å². The summed E-state index contributed by atoms with van der Waals surface area (Å²) in [5.74, 6) is 1.30. The lowest BCUT2D eigenvalue weighted by Crippen LogP contribution is -2.48. The van der Waals surface area contributed by atoms with Crippen molar-refractivity contribution < 1.29 is 8.42 Å². The van der Waals surface area contributed by atoms with E-state index in [2.05, 4.69) is 32.9 Å². The SMILES string of the molecule is CCc1cc(N2CCN(CCS(C)(=O)=O)CC2)n2nccc2n1. The Morgan fingerprint density at radius 1 is 1.22 bits per heavy atom. The molecule has 0 bridgehead atoms. The molecule has 2 aromatic heterocycles. The molecule has 1 aliphatic heterocycles. The van der Waals surface area contributed by atoms with Crippen LogP contribution in [0.25, 0.3) is 5.65 Å². The van der Waals surface area contributed by atoms with E-state index >= 15 is 0 Å². The van der Waals surface area contributed by atoms with Gasteiger partial charge in [0.1, 0.15) is 15.7 Å². The zero-order chi connectivity index (χ0) is 16.4. The summed E-state index contributed by atoms with van der Waals surface area (Å²) < 4.78 is 24.5. The lowest BCUT2D eigenvalue weighted by Gasteiger charge is -2.35. The Balaban J connectivity index is 1.71. The van der Waals surface area contributed by atoms with Gasteiger partial charge >= 0.3 is 0 Å². The molecule has 1 saturated heterocycles. The molecule has 126 valence electrons. The van der Waals surface area contributed by atoms with E-state index in [0.29, 0.717) is 6.54 Å². The topological polar surface area (TPSA) is 70.8 Å². The molecule has 0 amide bonds. The summed E-state index contributed by atoms with van der Waals surface area (Å²) >= 11 is 0. The first-order chi connectivity index (χ1) is 11.0. The van der Waals surface area contributed by atoms with Crippen molar-refractivity contribution >= 4 is 21.3 Å². The zero-order valence-corrected chi connectivity index (χ0v) is 14.5. The first-order valence-corrected chi connectivity index (χ1v) is 10.0. The highest BCUT2D eigenvalue weighted by molar-refractivity contribution is 7.90. The Bertz CT molecular complexity index is 778. The van der Waals surface area contributed by atoms with Gasteiger partial charge in [-0.3, -0.25) is 4.90 Å². The van der Waals surface area contributed by atoms with Crippen molar-refractivity contribution in [3.8, 4) is 0 Å². The summed E-state index contributed by atoms with van der Waals surface area (Å²) in [7, 11) is -2.90. The van der Waals surface area contributed by atoms with Crippen LogP contribution in [-0.2, 0) is 16.3 Å². The van der Waals surface area contributed by atoms with Crippen molar-refractivity contribution in [2.45, 2.75) is 13.3 Å². The fraction of sp³-hybridized carbons (Fsp3) is 0.600. The number of nitrogens with zero attached hydrogens (tertiary/aromatic N) is 5. The third-order valence-corrected chi connectivity index (χ3v) is 5.15. The summed E-state index contributed by atoms with van der Waals surface area (Å²) in [6.07, 6.45) is 3.96. The van der Waals surface area contributed by atoms with Gasteiger partial charge in [0.2, 0.25) is 0 Å². The molecular weight excluding hydrogens is 314 g/mol. The highest BCUT2D eigenvalue weighted by Crippen LogP contribution is 2.19. The van der Waals surface area contributed by atoms with Gasteiger partial charge in [0.25, 0.3) is 0 Å². The molecule has 1 aliphatic rings. The maximum Gasteiger partial charge on any atom is 0.157 e. The second-order valence-electron chi connectivity index (χ2n) is 6.02. The van der Waals surface area contributed by atoms with Gasteiger partial charge in [0, 0.05) is 56.8 Å². The van der Waals surface area contributed by atoms with Crippen molar-refractivity contribution in [2.75, 3.05) is 49.6 Å². The second-order valence-corrected chi connectivity index (χ2v) is 8.28. The predicted octanol–water partition coefficient (Wildman–Crippen LogP) is 0.458. The van der Waals surface area contributed by atoms with Crippen LogP contribution < -0.4 is 4.90 Å². The number of rotatable bonds is 5. The monoisotopic (exact) mass is 337 g/mol. The molecule has 8 heteroatoms. The Morgan fingerprint density at radius 2 is 1.96 bits per heavy atom. The standard InChI is InChI=1S/C15H23N5O2S/c1-3-13-12-15(20-14(17-13)4-5-16-20)19-8-6-18(7-9-19)10-11-23(2,21)22/h4-5,12H,3,6-11H2,1-2H3. The van der Waals surface area contributed by atoms with Crippen molar-refractivity contribution in [3.63, 3.8) is 0 Å². The van der Waals surface area contributed by atoms with E-state index in [1.54, 1.807) is 6.20 Å². The van der Waals surface area contributed by atoms with E-state index < -0.39 is 9.84 Å². The minimum atomic E-state index is -2.90.